The second kappa shape index (κ2) is 3.74. The molecule has 1 atom stereocenters. The van der Waals surface area contributed by atoms with Gasteiger partial charge in [-0.1, -0.05) is 11.6 Å². The van der Waals surface area contributed by atoms with Crippen LogP contribution in [0.25, 0.3) is 0 Å². The Labute approximate surface area is 85.1 Å². The van der Waals surface area contributed by atoms with Crippen LogP contribution in [0.1, 0.15) is 18.5 Å². The van der Waals surface area contributed by atoms with E-state index in [9.17, 15) is 0 Å². The first kappa shape index (κ1) is 9.29. The summed E-state index contributed by atoms with van der Waals surface area (Å²) in [5, 5.41) is 0.754. The van der Waals surface area contributed by atoms with Crippen molar-refractivity contribution in [2.75, 3.05) is 0 Å². The maximum Gasteiger partial charge on any atom is 0.0419 e. The fraction of sp³-hybridized carbons (Fsp3) is 0.250. The molecule has 0 bridgehead atoms. The fourth-order valence-corrected chi connectivity index (χ4v) is 1.96. The van der Waals surface area contributed by atoms with Gasteiger partial charge in [0.2, 0.25) is 0 Å². The normalized spacial score (nSPS) is 13.1. The molecule has 0 aliphatic carbocycles. The van der Waals surface area contributed by atoms with Gasteiger partial charge in [-0.3, -0.25) is 0 Å². The van der Waals surface area contributed by atoms with E-state index in [0.717, 1.165) is 14.2 Å². The molecule has 11 heavy (non-hydrogen) atoms. The van der Waals surface area contributed by atoms with E-state index < -0.39 is 0 Å². The predicted octanol–water partition coefficient (Wildman–Crippen LogP) is 2.96. The SMILES string of the molecule is C[C@H](N)c1cc(Cl)cc(I)c1. The Morgan fingerprint density at radius 3 is 2.55 bits per heavy atom. The number of nitrogens with two attached hydrogens (primary N) is 1. The Balaban J connectivity index is 3.08. The molecule has 0 heterocycles. The van der Waals surface area contributed by atoms with Gasteiger partial charge in [0.1, 0.15) is 0 Å². The summed E-state index contributed by atoms with van der Waals surface area (Å²) in [6, 6.07) is 5.90. The van der Waals surface area contributed by atoms with E-state index in [-0.39, 0.29) is 6.04 Å². The van der Waals surface area contributed by atoms with Crippen LogP contribution in [-0.4, -0.2) is 0 Å². The highest BCUT2D eigenvalue weighted by Gasteiger charge is 2.01. The van der Waals surface area contributed by atoms with Crippen molar-refractivity contribution in [2.45, 2.75) is 13.0 Å². The number of rotatable bonds is 1. The van der Waals surface area contributed by atoms with E-state index in [1.54, 1.807) is 0 Å². The van der Waals surface area contributed by atoms with Crippen molar-refractivity contribution in [1.29, 1.82) is 0 Å². The summed E-state index contributed by atoms with van der Waals surface area (Å²) in [7, 11) is 0. The number of hydrogen-bond donors (Lipinski definition) is 1. The van der Waals surface area contributed by atoms with Crippen molar-refractivity contribution in [3.05, 3.63) is 32.4 Å². The zero-order valence-electron chi connectivity index (χ0n) is 6.14. The second-order valence-corrected chi connectivity index (χ2v) is 4.17. The minimum absolute atomic E-state index is 0.0576. The molecular formula is C8H9ClIN. The molecule has 0 aromatic heterocycles. The topological polar surface area (TPSA) is 26.0 Å². The quantitative estimate of drug-likeness (QED) is 0.787. The molecule has 0 aliphatic heterocycles. The Bertz CT molecular complexity index is 240. The van der Waals surface area contributed by atoms with Crippen molar-refractivity contribution in [1.82, 2.24) is 0 Å². The lowest BCUT2D eigenvalue weighted by atomic mass is 10.1. The third-order valence-corrected chi connectivity index (χ3v) is 2.25. The van der Waals surface area contributed by atoms with Crippen LogP contribution in [0.2, 0.25) is 5.02 Å². The predicted molar refractivity (Wildman–Crippen MR) is 56.8 cm³/mol. The molecule has 1 aromatic carbocycles. The Hall–Kier alpha value is 0.200. The van der Waals surface area contributed by atoms with Crippen LogP contribution in [0, 0.1) is 3.57 Å². The van der Waals surface area contributed by atoms with Crippen molar-refractivity contribution in [2.24, 2.45) is 5.73 Å². The van der Waals surface area contributed by atoms with E-state index in [1.165, 1.54) is 0 Å². The van der Waals surface area contributed by atoms with Crippen LogP contribution in [0.5, 0.6) is 0 Å². The summed E-state index contributed by atoms with van der Waals surface area (Å²) in [6.45, 7) is 1.95. The molecule has 0 unspecified atom stereocenters. The van der Waals surface area contributed by atoms with Gasteiger partial charge in [-0.2, -0.15) is 0 Å². The zero-order chi connectivity index (χ0) is 8.43. The highest BCUT2D eigenvalue weighted by molar-refractivity contribution is 14.1. The Morgan fingerprint density at radius 2 is 2.09 bits per heavy atom. The molecule has 0 saturated heterocycles. The van der Waals surface area contributed by atoms with E-state index in [4.69, 9.17) is 17.3 Å². The molecule has 60 valence electrons. The molecule has 2 N–H and O–H groups in total. The highest BCUT2D eigenvalue weighted by Crippen LogP contribution is 2.19. The smallest absolute Gasteiger partial charge is 0.0419 e. The van der Waals surface area contributed by atoms with E-state index in [0.29, 0.717) is 0 Å². The summed E-state index contributed by atoms with van der Waals surface area (Å²) in [5.74, 6) is 0. The minimum atomic E-state index is 0.0576. The van der Waals surface area contributed by atoms with Crippen LogP contribution >= 0.6 is 34.2 Å². The first-order chi connectivity index (χ1) is 5.09. The summed E-state index contributed by atoms with van der Waals surface area (Å²) in [6.07, 6.45) is 0. The first-order valence-corrected chi connectivity index (χ1v) is 4.77. The van der Waals surface area contributed by atoms with E-state index in [2.05, 4.69) is 22.6 Å². The van der Waals surface area contributed by atoms with Gasteiger partial charge < -0.3 is 5.73 Å². The van der Waals surface area contributed by atoms with E-state index >= 15 is 0 Å². The second-order valence-electron chi connectivity index (χ2n) is 2.49. The summed E-state index contributed by atoms with van der Waals surface area (Å²) in [5.41, 5.74) is 6.77. The average Bonchev–Trinajstić information content (AvgIpc) is 1.85. The molecule has 0 amide bonds. The van der Waals surface area contributed by atoms with Crippen LogP contribution in [-0.2, 0) is 0 Å². The molecule has 1 rings (SSSR count). The number of halogens is 2. The van der Waals surface area contributed by atoms with Gasteiger partial charge in [-0.15, -0.1) is 0 Å². The van der Waals surface area contributed by atoms with Gasteiger partial charge in [0.05, 0.1) is 0 Å². The number of benzene rings is 1. The highest BCUT2D eigenvalue weighted by atomic mass is 127. The number of hydrogen-bond acceptors (Lipinski definition) is 1. The van der Waals surface area contributed by atoms with Gasteiger partial charge in [0.15, 0.2) is 0 Å². The summed E-state index contributed by atoms with van der Waals surface area (Å²) in [4.78, 5) is 0. The molecule has 3 heteroatoms. The third kappa shape index (κ3) is 2.61. The van der Waals surface area contributed by atoms with Crippen molar-refractivity contribution < 1.29 is 0 Å². The van der Waals surface area contributed by atoms with Crippen LogP contribution in [0.15, 0.2) is 18.2 Å². The van der Waals surface area contributed by atoms with E-state index in [1.807, 2.05) is 25.1 Å². The molecule has 1 aromatic rings. The Kier molecular flexibility index (Phi) is 3.16. The largest absolute Gasteiger partial charge is 0.324 e. The summed E-state index contributed by atoms with van der Waals surface area (Å²) >= 11 is 8.06. The molecule has 0 fully saturated rings. The molecular weight excluding hydrogens is 272 g/mol. The summed E-state index contributed by atoms with van der Waals surface area (Å²) < 4.78 is 1.13. The molecule has 0 radical (unpaired) electrons. The monoisotopic (exact) mass is 281 g/mol. The van der Waals surface area contributed by atoms with Crippen LogP contribution in [0.4, 0.5) is 0 Å². The standard InChI is InChI=1S/C8H9ClIN/c1-5(11)6-2-7(9)4-8(10)3-6/h2-5H,11H2,1H3/t5-/m0/s1. The lowest BCUT2D eigenvalue weighted by Crippen LogP contribution is -2.04. The lowest BCUT2D eigenvalue weighted by Gasteiger charge is -2.05. The fourth-order valence-electron chi connectivity index (χ4n) is 0.838. The molecule has 0 spiro atoms. The molecule has 1 nitrogen and oxygen atoms in total. The minimum Gasteiger partial charge on any atom is -0.324 e. The zero-order valence-corrected chi connectivity index (χ0v) is 9.06. The lowest BCUT2D eigenvalue weighted by molar-refractivity contribution is 0.817. The van der Waals surface area contributed by atoms with Crippen molar-refractivity contribution >= 4 is 34.2 Å². The van der Waals surface area contributed by atoms with Crippen molar-refractivity contribution in [3.63, 3.8) is 0 Å². The maximum atomic E-state index is 5.83. The molecule has 0 aliphatic rings. The van der Waals surface area contributed by atoms with Crippen molar-refractivity contribution in [3.8, 4) is 0 Å². The van der Waals surface area contributed by atoms with Gasteiger partial charge in [0.25, 0.3) is 0 Å². The van der Waals surface area contributed by atoms with Gasteiger partial charge in [-0.05, 0) is 53.3 Å². The maximum absolute atomic E-state index is 5.83. The van der Waals surface area contributed by atoms with Gasteiger partial charge in [0, 0.05) is 14.6 Å². The van der Waals surface area contributed by atoms with Crippen LogP contribution in [0.3, 0.4) is 0 Å². The molecule has 0 saturated carbocycles. The van der Waals surface area contributed by atoms with Crippen LogP contribution < -0.4 is 5.73 Å². The van der Waals surface area contributed by atoms with Gasteiger partial charge >= 0.3 is 0 Å². The van der Waals surface area contributed by atoms with Gasteiger partial charge in [-0.25, -0.2) is 0 Å². The first-order valence-electron chi connectivity index (χ1n) is 3.31. The average molecular weight is 282 g/mol. The Morgan fingerprint density at radius 1 is 1.45 bits per heavy atom. The third-order valence-electron chi connectivity index (χ3n) is 1.41.